The molecular weight excluding hydrogens is 633 g/mol. The van der Waals surface area contributed by atoms with Crippen LogP contribution in [-0.4, -0.2) is 53.8 Å². The van der Waals surface area contributed by atoms with Crippen molar-refractivity contribution in [2.45, 2.75) is 172 Å². The van der Waals surface area contributed by atoms with E-state index in [9.17, 15) is 14.4 Å². The third-order valence-corrected chi connectivity index (χ3v) is 7.81. The van der Waals surface area contributed by atoms with Gasteiger partial charge in [0.15, 0.2) is 0 Å². The van der Waals surface area contributed by atoms with Crippen LogP contribution in [0.2, 0.25) is 0 Å². The second kappa shape index (κ2) is 38.1. The average molecular weight is 715 g/mol. The molecule has 4 N–H and O–H groups in total. The fraction of sp³-hybridized carbons (Fsp3) is 0.659. The highest BCUT2D eigenvalue weighted by atomic mass is 16.2. The number of benzene rings is 1. The van der Waals surface area contributed by atoms with Gasteiger partial charge in [-0.2, -0.15) is 0 Å². The van der Waals surface area contributed by atoms with E-state index in [1.54, 1.807) is 6.08 Å². The first-order valence-electron chi connectivity index (χ1n) is 19.9. The Kier molecular flexibility index (Phi) is 40.7. The number of aryl methyl sites for hydroxylation is 2. The van der Waals surface area contributed by atoms with Gasteiger partial charge < -0.3 is 21.3 Å². The van der Waals surface area contributed by atoms with Gasteiger partial charge in [-0.1, -0.05) is 142 Å². The first-order chi connectivity index (χ1) is 24.4. The second-order valence-corrected chi connectivity index (χ2v) is 12.3. The van der Waals surface area contributed by atoms with Crippen molar-refractivity contribution in [2.75, 3.05) is 13.1 Å². The lowest BCUT2D eigenvalue weighted by molar-refractivity contribution is -0.138. The zero-order valence-electron chi connectivity index (χ0n) is 35.5. The van der Waals surface area contributed by atoms with E-state index in [2.05, 4.69) is 102 Å². The van der Waals surface area contributed by atoms with Crippen molar-refractivity contribution in [1.29, 1.82) is 0 Å². The first-order valence-corrected chi connectivity index (χ1v) is 19.9. The Labute approximate surface area is 316 Å². The van der Waals surface area contributed by atoms with E-state index >= 15 is 0 Å². The number of allylic oxidation sites excluding steroid dienone is 2. The molecule has 4 atom stereocenters. The third kappa shape index (κ3) is 27.2. The Morgan fingerprint density at radius 2 is 1.51 bits per heavy atom. The van der Waals surface area contributed by atoms with E-state index in [1.165, 1.54) is 37.3 Å². The molecule has 3 rings (SSSR count). The number of fused-ring (bicyclic) bond motifs is 1. The van der Waals surface area contributed by atoms with Crippen LogP contribution in [0.25, 0.3) is 0 Å². The van der Waals surface area contributed by atoms with Crippen LogP contribution in [0.15, 0.2) is 61.2 Å². The Morgan fingerprint density at radius 3 is 1.90 bits per heavy atom. The van der Waals surface area contributed by atoms with Gasteiger partial charge in [0.25, 0.3) is 0 Å². The fourth-order valence-corrected chi connectivity index (χ4v) is 5.40. The number of carbonyl (C=O) groups excluding carboxylic acids is 3. The molecule has 296 valence electrons. The lowest BCUT2D eigenvalue weighted by Gasteiger charge is -2.32. The minimum Gasteiger partial charge on any atom is -0.356 e. The summed E-state index contributed by atoms with van der Waals surface area (Å²) in [5, 5.41) is 5.48. The van der Waals surface area contributed by atoms with Crippen LogP contribution >= 0.6 is 0 Å². The summed E-state index contributed by atoms with van der Waals surface area (Å²) in [6.07, 6.45) is 16.6. The molecule has 0 radical (unpaired) electrons. The SMILES string of the molecule is C/C=C\CC.C=C(C)C1CCC2CCC(CC)C(NC(=O)CN)C(=O)N21.C=CCCNC(C)=O.CC.CC.CCC.CCCc1ccc(C)cc1. The summed E-state index contributed by atoms with van der Waals surface area (Å²) in [5.74, 6) is 0.0178. The Hall–Kier alpha value is -3.19. The molecule has 1 aromatic carbocycles. The maximum atomic E-state index is 13.0. The molecular formula is C44H82N4O3. The van der Waals surface area contributed by atoms with E-state index in [0.29, 0.717) is 12.6 Å². The molecule has 0 spiro atoms. The number of hydrogen-bond donors (Lipinski definition) is 3. The smallest absolute Gasteiger partial charge is 0.246 e. The summed E-state index contributed by atoms with van der Waals surface area (Å²) in [4.78, 5) is 36.8. The second-order valence-electron chi connectivity index (χ2n) is 12.3. The maximum absolute atomic E-state index is 13.0. The highest BCUT2D eigenvalue weighted by molar-refractivity contribution is 5.89. The number of carbonyl (C=O) groups is 3. The Morgan fingerprint density at radius 1 is 0.961 bits per heavy atom. The van der Waals surface area contributed by atoms with Crippen molar-refractivity contribution < 1.29 is 14.4 Å². The zero-order valence-corrected chi connectivity index (χ0v) is 35.5. The van der Waals surface area contributed by atoms with Gasteiger partial charge >= 0.3 is 0 Å². The summed E-state index contributed by atoms with van der Waals surface area (Å²) in [7, 11) is 0. The minimum atomic E-state index is -0.434. The van der Waals surface area contributed by atoms with Crippen LogP contribution in [0.3, 0.4) is 0 Å². The van der Waals surface area contributed by atoms with Crippen LogP contribution in [-0.2, 0) is 20.8 Å². The normalized spacial score (nSPS) is 18.2. The fourth-order valence-electron chi connectivity index (χ4n) is 5.40. The predicted molar refractivity (Wildman–Crippen MR) is 225 cm³/mol. The number of nitrogens with two attached hydrogens (primary N) is 1. The zero-order chi connectivity index (χ0) is 40.2. The van der Waals surface area contributed by atoms with Crippen LogP contribution in [0.4, 0.5) is 0 Å². The molecule has 0 bridgehead atoms. The monoisotopic (exact) mass is 715 g/mol. The van der Waals surface area contributed by atoms with Crippen molar-refractivity contribution in [1.82, 2.24) is 15.5 Å². The van der Waals surface area contributed by atoms with E-state index in [-0.39, 0.29) is 36.2 Å². The Bertz CT molecular complexity index is 1040. The topological polar surface area (TPSA) is 105 Å². The number of amides is 3. The molecule has 3 amide bonds. The summed E-state index contributed by atoms with van der Waals surface area (Å²) in [6, 6.07) is 8.74. The molecule has 2 saturated heterocycles. The lowest BCUT2D eigenvalue weighted by atomic mass is 9.91. The summed E-state index contributed by atoms with van der Waals surface area (Å²) < 4.78 is 0. The molecule has 7 nitrogen and oxygen atoms in total. The number of nitrogens with zero attached hydrogens (tertiary/aromatic N) is 1. The third-order valence-electron chi connectivity index (χ3n) is 7.81. The van der Waals surface area contributed by atoms with Crippen molar-refractivity contribution in [3.8, 4) is 0 Å². The van der Waals surface area contributed by atoms with Crippen molar-refractivity contribution in [3.05, 3.63) is 72.4 Å². The average Bonchev–Trinajstić information content (AvgIpc) is 3.51. The van der Waals surface area contributed by atoms with Gasteiger partial charge in [-0.15, -0.1) is 6.58 Å². The Balaban J connectivity index is -0.000000308. The van der Waals surface area contributed by atoms with Gasteiger partial charge in [-0.25, -0.2) is 0 Å². The van der Waals surface area contributed by atoms with Crippen LogP contribution in [0.5, 0.6) is 0 Å². The number of rotatable bonds is 10. The summed E-state index contributed by atoms with van der Waals surface area (Å²) in [6.45, 7) is 34.5. The van der Waals surface area contributed by atoms with Crippen molar-refractivity contribution >= 4 is 17.7 Å². The predicted octanol–water partition coefficient (Wildman–Crippen LogP) is 10.3. The van der Waals surface area contributed by atoms with E-state index in [0.717, 1.165) is 50.5 Å². The van der Waals surface area contributed by atoms with Gasteiger partial charge in [0.1, 0.15) is 6.04 Å². The molecule has 2 heterocycles. The molecule has 0 aromatic heterocycles. The highest BCUT2D eigenvalue weighted by Gasteiger charge is 2.44. The maximum Gasteiger partial charge on any atom is 0.246 e. The van der Waals surface area contributed by atoms with Crippen molar-refractivity contribution in [2.24, 2.45) is 11.7 Å². The van der Waals surface area contributed by atoms with Gasteiger partial charge in [-0.05, 0) is 77.2 Å². The summed E-state index contributed by atoms with van der Waals surface area (Å²) >= 11 is 0. The van der Waals surface area contributed by atoms with E-state index in [1.807, 2.05) is 46.4 Å². The molecule has 4 unspecified atom stereocenters. The van der Waals surface area contributed by atoms with Gasteiger partial charge in [0.05, 0.1) is 12.6 Å². The van der Waals surface area contributed by atoms with Gasteiger partial charge in [0, 0.05) is 19.5 Å². The standard InChI is InChI=1S/C16H27N3O2.C10H14.C6H11NO.C5H10.C3H8.2C2H6/c1-4-11-5-6-12-7-8-13(10(2)3)19(12)16(21)15(11)18-14(20)9-17;1-3-4-10-7-5-9(2)6-8-10;1-3-4-5-7-6(2)8;1-3-5-4-2;1-3-2;2*1-2/h11-13,15H,2,4-9,17H2,1,3H3,(H,18,20);5-8H,3-4H2,1-2H3;3H,1,4-5H2,2H3,(H,7,8);3,5H,4H2,1-2H3;3H2,1-2H3;2*1-2H3/b;;;5-3-;;;. The van der Waals surface area contributed by atoms with Crippen LogP contribution < -0.4 is 16.4 Å². The molecule has 1 aromatic rings. The highest BCUT2D eigenvalue weighted by Crippen LogP contribution is 2.36. The molecule has 2 aliphatic heterocycles. The number of nitrogens with one attached hydrogen (secondary N) is 2. The van der Waals surface area contributed by atoms with Gasteiger partial charge in [0.2, 0.25) is 17.7 Å². The largest absolute Gasteiger partial charge is 0.356 e. The van der Waals surface area contributed by atoms with E-state index < -0.39 is 6.04 Å². The molecule has 51 heavy (non-hydrogen) atoms. The quantitative estimate of drug-likeness (QED) is 0.166. The molecule has 2 aliphatic rings. The minimum absolute atomic E-state index is 0.0202. The first kappa shape index (κ1) is 54.6. The molecule has 0 saturated carbocycles. The molecule has 7 heteroatoms. The number of hydrogen-bond acceptors (Lipinski definition) is 4. The van der Waals surface area contributed by atoms with E-state index in [4.69, 9.17) is 5.73 Å². The van der Waals surface area contributed by atoms with Crippen LogP contribution in [0.1, 0.15) is 152 Å². The summed E-state index contributed by atoms with van der Waals surface area (Å²) in [5.41, 5.74) is 9.22. The molecule has 0 aliphatic carbocycles. The van der Waals surface area contributed by atoms with Gasteiger partial charge in [-0.3, -0.25) is 14.4 Å². The molecule has 2 fully saturated rings. The lowest BCUT2D eigenvalue weighted by Crippen LogP contribution is -2.54. The van der Waals surface area contributed by atoms with Crippen molar-refractivity contribution in [3.63, 3.8) is 0 Å². The van der Waals surface area contributed by atoms with Crippen LogP contribution in [0, 0.1) is 12.8 Å².